The van der Waals surface area contributed by atoms with Gasteiger partial charge in [0.15, 0.2) is 0 Å². The highest BCUT2D eigenvalue weighted by Crippen LogP contribution is 2.16. The first kappa shape index (κ1) is 16.5. The van der Waals surface area contributed by atoms with E-state index in [1.807, 2.05) is 25.1 Å². The van der Waals surface area contributed by atoms with Crippen molar-refractivity contribution < 1.29 is 14.6 Å². The molecule has 20 heavy (non-hydrogen) atoms. The van der Waals surface area contributed by atoms with Crippen LogP contribution in [0.3, 0.4) is 0 Å². The lowest BCUT2D eigenvalue weighted by atomic mass is 10.1. The van der Waals surface area contributed by atoms with Gasteiger partial charge in [0, 0.05) is 13.6 Å². The first-order chi connectivity index (χ1) is 9.40. The molecule has 0 radical (unpaired) electrons. The molecule has 1 aromatic rings. The Morgan fingerprint density at radius 1 is 1.35 bits per heavy atom. The summed E-state index contributed by atoms with van der Waals surface area (Å²) in [6.45, 7) is 6.76. The van der Waals surface area contributed by atoms with Gasteiger partial charge in [-0.15, -0.1) is 0 Å². The number of hydrogen-bond acceptors (Lipinski definition) is 3. The Labute approximate surface area is 121 Å². The summed E-state index contributed by atoms with van der Waals surface area (Å²) in [6, 6.07) is 5.92. The first-order valence-electron chi connectivity index (χ1n) is 7.02. The normalized spacial score (nSPS) is 12.1. The number of aliphatic hydroxyl groups is 1. The summed E-state index contributed by atoms with van der Waals surface area (Å²) >= 11 is 0. The summed E-state index contributed by atoms with van der Waals surface area (Å²) in [5, 5.41) is 9.19. The smallest absolute Gasteiger partial charge is 0.225 e. The van der Waals surface area contributed by atoms with Crippen LogP contribution in [0.4, 0.5) is 0 Å². The minimum absolute atomic E-state index is 0.0366. The third-order valence-corrected chi connectivity index (χ3v) is 3.37. The molecule has 0 aliphatic carbocycles. The van der Waals surface area contributed by atoms with Gasteiger partial charge < -0.3 is 14.7 Å². The summed E-state index contributed by atoms with van der Waals surface area (Å²) in [5.41, 5.74) is 2.41. The largest absolute Gasteiger partial charge is 0.493 e. The Balaban J connectivity index is 2.32. The monoisotopic (exact) mass is 279 g/mol. The van der Waals surface area contributed by atoms with Crippen LogP contribution in [0, 0.1) is 13.8 Å². The molecule has 1 atom stereocenters. The maximum atomic E-state index is 11.8. The molecule has 0 spiro atoms. The molecule has 0 heterocycles. The summed E-state index contributed by atoms with van der Waals surface area (Å²) in [4.78, 5) is 13.5. The number of amides is 1. The van der Waals surface area contributed by atoms with Gasteiger partial charge in [0.1, 0.15) is 5.75 Å². The Bertz CT molecular complexity index is 443. The lowest BCUT2D eigenvalue weighted by Crippen LogP contribution is -2.30. The van der Waals surface area contributed by atoms with Crippen molar-refractivity contribution in [2.24, 2.45) is 0 Å². The van der Waals surface area contributed by atoms with Gasteiger partial charge in [-0.2, -0.15) is 0 Å². The van der Waals surface area contributed by atoms with Crippen molar-refractivity contribution in [2.45, 2.75) is 39.7 Å². The molecule has 1 amide bonds. The number of ether oxygens (including phenoxy) is 1. The number of carbonyl (C=O) groups is 1. The molecule has 4 heteroatoms. The molecule has 0 aromatic heterocycles. The Hall–Kier alpha value is -1.55. The molecule has 1 unspecified atom stereocenters. The Morgan fingerprint density at radius 2 is 2.05 bits per heavy atom. The van der Waals surface area contributed by atoms with Gasteiger partial charge in [0.2, 0.25) is 5.91 Å². The third kappa shape index (κ3) is 5.61. The molecular formula is C16H25NO3. The van der Waals surface area contributed by atoms with Crippen molar-refractivity contribution in [3.8, 4) is 5.75 Å². The highest BCUT2D eigenvalue weighted by atomic mass is 16.5. The minimum atomic E-state index is -0.378. The fourth-order valence-electron chi connectivity index (χ4n) is 1.76. The molecular weight excluding hydrogens is 254 g/mol. The third-order valence-electron chi connectivity index (χ3n) is 3.37. The number of benzene rings is 1. The Kier molecular flexibility index (Phi) is 6.52. The van der Waals surface area contributed by atoms with Crippen molar-refractivity contribution in [3.05, 3.63) is 29.3 Å². The van der Waals surface area contributed by atoms with Crippen molar-refractivity contribution in [2.75, 3.05) is 20.2 Å². The number of nitrogens with zero attached hydrogens (tertiary/aromatic N) is 1. The van der Waals surface area contributed by atoms with Crippen LogP contribution in [-0.2, 0) is 4.79 Å². The first-order valence-corrected chi connectivity index (χ1v) is 7.02. The number of carbonyl (C=O) groups excluding carboxylic acids is 1. The van der Waals surface area contributed by atoms with Gasteiger partial charge in [0.05, 0.1) is 19.1 Å². The average Bonchev–Trinajstić information content (AvgIpc) is 2.39. The minimum Gasteiger partial charge on any atom is -0.493 e. The standard InChI is InChI=1S/C16H25NO3/c1-12-5-6-15(11-13(12)2)20-10-8-16(19)17(4)9-7-14(3)18/h5-6,11,14,18H,7-10H2,1-4H3. The molecule has 0 fully saturated rings. The molecule has 0 bridgehead atoms. The molecule has 1 rings (SSSR count). The van der Waals surface area contributed by atoms with Crippen LogP contribution in [0.1, 0.15) is 30.9 Å². The number of rotatable bonds is 7. The molecule has 0 aliphatic rings. The van der Waals surface area contributed by atoms with Crippen molar-refractivity contribution in [1.82, 2.24) is 4.90 Å². The quantitative estimate of drug-likeness (QED) is 0.833. The van der Waals surface area contributed by atoms with Gasteiger partial charge in [-0.3, -0.25) is 4.79 Å². The highest BCUT2D eigenvalue weighted by molar-refractivity contribution is 5.75. The van der Waals surface area contributed by atoms with Crippen molar-refractivity contribution >= 4 is 5.91 Å². The predicted molar refractivity (Wildman–Crippen MR) is 80.0 cm³/mol. The summed E-state index contributed by atoms with van der Waals surface area (Å²) in [7, 11) is 1.75. The summed E-state index contributed by atoms with van der Waals surface area (Å²) < 4.78 is 5.59. The van der Waals surface area contributed by atoms with Crippen LogP contribution in [0.2, 0.25) is 0 Å². The molecule has 1 aromatic carbocycles. The van der Waals surface area contributed by atoms with Gasteiger partial charge in [0.25, 0.3) is 0 Å². The second-order valence-corrected chi connectivity index (χ2v) is 5.30. The van der Waals surface area contributed by atoms with Gasteiger partial charge >= 0.3 is 0 Å². The van der Waals surface area contributed by atoms with Crippen molar-refractivity contribution in [1.29, 1.82) is 0 Å². The molecule has 0 saturated carbocycles. The van der Waals surface area contributed by atoms with E-state index in [0.29, 0.717) is 26.0 Å². The zero-order chi connectivity index (χ0) is 15.1. The molecule has 1 N–H and O–H groups in total. The van der Waals surface area contributed by atoms with Crippen LogP contribution in [0.25, 0.3) is 0 Å². The molecule has 0 aliphatic heterocycles. The predicted octanol–water partition coefficient (Wildman–Crippen LogP) is 2.30. The van der Waals surface area contributed by atoms with Crippen LogP contribution in [0.5, 0.6) is 5.75 Å². The molecule has 0 saturated heterocycles. The van der Waals surface area contributed by atoms with Gasteiger partial charge in [-0.1, -0.05) is 6.07 Å². The second-order valence-electron chi connectivity index (χ2n) is 5.30. The van der Waals surface area contributed by atoms with Gasteiger partial charge in [-0.05, 0) is 50.5 Å². The topological polar surface area (TPSA) is 49.8 Å². The Morgan fingerprint density at radius 3 is 2.65 bits per heavy atom. The van der Waals surface area contributed by atoms with E-state index in [9.17, 15) is 9.90 Å². The van der Waals surface area contributed by atoms with Crippen LogP contribution in [-0.4, -0.2) is 42.2 Å². The SMILES string of the molecule is Cc1ccc(OCCC(=O)N(C)CCC(C)O)cc1C. The second kappa shape index (κ2) is 7.90. The van der Waals surface area contributed by atoms with Crippen molar-refractivity contribution in [3.63, 3.8) is 0 Å². The highest BCUT2D eigenvalue weighted by Gasteiger charge is 2.09. The maximum absolute atomic E-state index is 11.8. The number of aliphatic hydroxyl groups excluding tert-OH is 1. The molecule has 112 valence electrons. The van der Waals surface area contributed by atoms with E-state index in [4.69, 9.17) is 4.74 Å². The van der Waals surface area contributed by atoms with Crippen LogP contribution < -0.4 is 4.74 Å². The van der Waals surface area contributed by atoms with Crippen LogP contribution in [0.15, 0.2) is 18.2 Å². The zero-order valence-electron chi connectivity index (χ0n) is 12.8. The fourth-order valence-corrected chi connectivity index (χ4v) is 1.76. The van der Waals surface area contributed by atoms with E-state index < -0.39 is 0 Å². The number of hydrogen-bond donors (Lipinski definition) is 1. The maximum Gasteiger partial charge on any atom is 0.225 e. The molecule has 4 nitrogen and oxygen atoms in total. The van der Waals surface area contributed by atoms with E-state index >= 15 is 0 Å². The van der Waals surface area contributed by atoms with E-state index in [1.165, 1.54) is 11.1 Å². The fraction of sp³-hybridized carbons (Fsp3) is 0.562. The van der Waals surface area contributed by atoms with E-state index in [0.717, 1.165) is 5.75 Å². The average molecular weight is 279 g/mol. The zero-order valence-corrected chi connectivity index (χ0v) is 12.8. The van der Waals surface area contributed by atoms with Gasteiger partial charge in [-0.25, -0.2) is 0 Å². The summed E-state index contributed by atoms with van der Waals surface area (Å²) in [6.07, 6.45) is 0.570. The van der Waals surface area contributed by atoms with E-state index in [-0.39, 0.29) is 12.0 Å². The van der Waals surface area contributed by atoms with Crippen LogP contribution >= 0.6 is 0 Å². The lowest BCUT2D eigenvalue weighted by molar-refractivity contribution is -0.130. The van der Waals surface area contributed by atoms with E-state index in [2.05, 4.69) is 6.92 Å². The lowest BCUT2D eigenvalue weighted by Gasteiger charge is -2.18. The van der Waals surface area contributed by atoms with E-state index in [1.54, 1.807) is 18.9 Å². The number of aryl methyl sites for hydroxylation is 2. The summed E-state index contributed by atoms with van der Waals surface area (Å²) in [5.74, 6) is 0.835.